The van der Waals surface area contributed by atoms with Gasteiger partial charge in [0, 0.05) is 6.42 Å². The summed E-state index contributed by atoms with van der Waals surface area (Å²) in [7, 11) is 0. The molecule has 0 radical (unpaired) electrons. The van der Waals surface area contributed by atoms with Crippen LogP contribution < -0.4 is 0 Å². The second kappa shape index (κ2) is 3.27. The summed E-state index contributed by atoms with van der Waals surface area (Å²) < 4.78 is 4.57. The van der Waals surface area contributed by atoms with E-state index in [2.05, 4.69) is 4.74 Å². The van der Waals surface area contributed by atoms with Crippen molar-refractivity contribution in [2.75, 3.05) is 6.61 Å². The van der Waals surface area contributed by atoms with Crippen molar-refractivity contribution in [3.8, 4) is 0 Å². The van der Waals surface area contributed by atoms with Crippen LogP contribution in [0, 0.1) is 0 Å². The molecule has 0 aromatic carbocycles. The van der Waals surface area contributed by atoms with Crippen molar-refractivity contribution in [2.45, 2.75) is 24.9 Å². The lowest BCUT2D eigenvalue weighted by atomic mass is 10.0. The molecular weight excluding hydrogens is 152 g/mol. The van der Waals surface area contributed by atoms with E-state index in [0.29, 0.717) is 0 Å². The van der Waals surface area contributed by atoms with Gasteiger partial charge in [-0.3, -0.25) is 4.79 Å². The Hall–Kier alpha value is -0.490. The van der Waals surface area contributed by atoms with Gasteiger partial charge in [0.05, 0.1) is 12.7 Å². The lowest BCUT2D eigenvalue weighted by Gasteiger charge is -2.28. The fourth-order valence-corrected chi connectivity index (χ4v) is 0.935. The van der Waals surface area contributed by atoms with E-state index < -0.39 is 30.9 Å². The summed E-state index contributed by atoms with van der Waals surface area (Å²) in [6, 6.07) is 0. The predicted octanol–water partition coefficient (Wildman–Crippen LogP) is -1.98. The Morgan fingerprint density at radius 3 is 2.73 bits per heavy atom. The van der Waals surface area contributed by atoms with Crippen LogP contribution >= 0.6 is 0 Å². The van der Waals surface area contributed by atoms with Crippen LogP contribution in [0.1, 0.15) is 6.42 Å². The average molecular weight is 162 g/mol. The molecule has 64 valence electrons. The van der Waals surface area contributed by atoms with Gasteiger partial charge in [0.25, 0.3) is 0 Å². The van der Waals surface area contributed by atoms with E-state index in [1.54, 1.807) is 0 Å². The largest absolute Gasteiger partial charge is 0.394 e. The third-order valence-electron chi connectivity index (χ3n) is 1.60. The number of aliphatic hydroxyl groups is 3. The maximum Gasteiger partial charge on any atom is 0.215 e. The molecule has 1 rings (SSSR count). The number of carbonyl (C=O) groups is 1. The van der Waals surface area contributed by atoms with Gasteiger partial charge >= 0.3 is 0 Å². The van der Waals surface area contributed by atoms with Crippen LogP contribution in [0.4, 0.5) is 0 Å². The Morgan fingerprint density at radius 2 is 2.18 bits per heavy atom. The minimum absolute atomic E-state index is 0.160. The van der Waals surface area contributed by atoms with Crippen molar-refractivity contribution in [1.29, 1.82) is 0 Å². The number of carbonyl (C=O) groups excluding carboxylic acids is 1. The summed E-state index contributed by atoms with van der Waals surface area (Å²) in [4.78, 5) is 10.6. The fourth-order valence-electron chi connectivity index (χ4n) is 0.935. The number of ketones is 1. The summed E-state index contributed by atoms with van der Waals surface area (Å²) in [5.74, 6) is -0.554. The van der Waals surface area contributed by atoms with Crippen molar-refractivity contribution in [2.24, 2.45) is 0 Å². The lowest BCUT2D eigenvalue weighted by Crippen LogP contribution is -2.46. The molecule has 1 aliphatic heterocycles. The molecular formula is C6H10O5. The third kappa shape index (κ3) is 1.75. The highest BCUT2D eigenvalue weighted by atomic mass is 16.6. The SMILES string of the molecule is O=C1C[C@@H](O)[C@@H](CO)O[C@@H]1O. The Morgan fingerprint density at radius 1 is 1.55 bits per heavy atom. The first kappa shape index (κ1) is 8.61. The summed E-state index contributed by atoms with van der Waals surface area (Å²) >= 11 is 0. The highest BCUT2D eigenvalue weighted by molar-refractivity contribution is 5.82. The van der Waals surface area contributed by atoms with Crippen LogP contribution in [-0.4, -0.2) is 46.2 Å². The van der Waals surface area contributed by atoms with Crippen LogP contribution in [0.15, 0.2) is 0 Å². The number of rotatable bonds is 1. The average Bonchev–Trinajstić information content (AvgIpc) is 1.97. The molecule has 0 saturated carbocycles. The molecule has 0 unspecified atom stereocenters. The van der Waals surface area contributed by atoms with Crippen molar-refractivity contribution in [3.05, 3.63) is 0 Å². The van der Waals surface area contributed by atoms with Crippen LogP contribution in [0.3, 0.4) is 0 Å². The zero-order valence-electron chi connectivity index (χ0n) is 5.80. The van der Waals surface area contributed by atoms with Gasteiger partial charge in [-0.05, 0) is 0 Å². The Bertz CT molecular complexity index is 157. The summed E-state index contributed by atoms with van der Waals surface area (Å²) in [5.41, 5.74) is 0. The predicted molar refractivity (Wildman–Crippen MR) is 33.6 cm³/mol. The molecule has 0 aromatic rings. The number of ether oxygens (including phenoxy) is 1. The van der Waals surface area contributed by atoms with Gasteiger partial charge in [-0.1, -0.05) is 0 Å². The zero-order valence-corrected chi connectivity index (χ0v) is 5.80. The minimum Gasteiger partial charge on any atom is -0.394 e. The molecule has 0 aromatic heterocycles. The monoisotopic (exact) mass is 162 g/mol. The van der Waals surface area contributed by atoms with E-state index in [-0.39, 0.29) is 6.42 Å². The van der Waals surface area contributed by atoms with Gasteiger partial charge in [0.1, 0.15) is 6.10 Å². The summed E-state index contributed by atoms with van der Waals surface area (Å²) in [5, 5.41) is 26.4. The number of hydrogen-bond acceptors (Lipinski definition) is 5. The second-order valence-corrected chi connectivity index (χ2v) is 2.45. The number of hydrogen-bond donors (Lipinski definition) is 3. The Kier molecular flexibility index (Phi) is 2.56. The summed E-state index contributed by atoms with van der Waals surface area (Å²) in [6.45, 7) is -0.397. The molecule has 5 nitrogen and oxygen atoms in total. The standard InChI is InChI=1S/C6H10O5/c7-2-5-3(8)1-4(9)6(10)11-5/h3,5-8,10H,1-2H2/t3-,5-,6+/m1/s1. The summed E-state index contributed by atoms with van der Waals surface area (Å²) in [6.07, 6.45) is -3.50. The first-order valence-corrected chi connectivity index (χ1v) is 3.30. The van der Waals surface area contributed by atoms with E-state index in [9.17, 15) is 4.79 Å². The second-order valence-electron chi connectivity index (χ2n) is 2.45. The van der Waals surface area contributed by atoms with Gasteiger partial charge in [0.2, 0.25) is 6.29 Å². The molecule has 11 heavy (non-hydrogen) atoms. The first-order valence-electron chi connectivity index (χ1n) is 3.30. The maximum atomic E-state index is 10.6. The lowest BCUT2D eigenvalue weighted by molar-refractivity contribution is -0.205. The molecule has 3 atom stereocenters. The van der Waals surface area contributed by atoms with E-state index in [0.717, 1.165) is 0 Å². The molecule has 1 aliphatic rings. The minimum atomic E-state index is -1.49. The van der Waals surface area contributed by atoms with E-state index in [1.165, 1.54) is 0 Å². The topological polar surface area (TPSA) is 87.0 Å². The van der Waals surface area contributed by atoms with Crippen LogP contribution in [0.2, 0.25) is 0 Å². The smallest absolute Gasteiger partial charge is 0.215 e. The van der Waals surface area contributed by atoms with Crippen molar-refractivity contribution in [3.63, 3.8) is 0 Å². The molecule has 1 saturated heterocycles. The highest BCUT2D eigenvalue weighted by Gasteiger charge is 2.34. The third-order valence-corrected chi connectivity index (χ3v) is 1.60. The van der Waals surface area contributed by atoms with Crippen LogP contribution in [-0.2, 0) is 9.53 Å². The molecule has 5 heteroatoms. The maximum absolute atomic E-state index is 10.6. The quantitative estimate of drug-likeness (QED) is 0.415. The van der Waals surface area contributed by atoms with Gasteiger partial charge in [-0.15, -0.1) is 0 Å². The van der Waals surface area contributed by atoms with Crippen molar-refractivity contribution < 1.29 is 24.9 Å². The Balaban J connectivity index is 2.54. The molecule has 0 amide bonds. The van der Waals surface area contributed by atoms with Gasteiger partial charge in [-0.25, -0.2) is 0 Å². The zero-order chi connectivity index (χ0) is 8.43. The molecule has 0 bridgehead atoms. The molecule has 0 aliphatic carbocycles. The van der Waals surface area contributed by atoms with Crippen LogP contribution in [0.25, 0.3) is 0 Å². The molecule has 1 heterocycles. The van der Waals surface area contributed by atoms with E-state index in [4.69, 9.17) is 15.3 Å². The Labute approximate surface area is 63.2 Å². The molecule has 3 N–H and O–H groups in total. The fraction of sp³-hybridized carbons (Fsp3) is 0.833. The van der Waals surface area contributed by atoms with Crippen molar-refractivity contribution in [1.82, 2.24) is 0 Å². The van der Waals surface area contributed by atoms with Gasteiger partial charge < -0.3 is 20.1 Å². The number of Topliss-reactive ketones (excluding diaryl/α,β-unsaturated/α-hetero) is 1. The normalized spacial score (nSPS) is 39.2. The number of aliphatic hydroxyl groups excluding tert-OH is 3. The van der Waals surface area contributed by atoms with E-state index >= 15 is 0 Å². The van der Waals surface area contributed by atoms with Crippen LogP contribution in [0.5, 0.6) is 0 Å². The van der Waals surface area contributed by atoms with Crippen molar-refractivity contribution >= 4 is 5.78 Å². The first-order chi connectivity index (χ1) is 5.15. The van der Waals surface area contributed by atoms with E-state index in [1.807, 2.05) is 0 Å². The molecule has 0 spiro atoms. The highest BCUT2D eigenvalue weighted by Crippen LogP contribution is 2.14. The van der Waals surface area contributed by atoms with Gasteiger partial charge in [-0.2, -0.15) is 0 Å². The molecule has 1 fully saturated rings. The van der Waals surface area contributed by atoms with Gasteiger partial charge in [0.15, 0.2) is 5.78 Å².